The van der Waals surface area contributed by atoms with Crippen LogP contribution in [0.15, 0.2) is 48.5 Å². The van der Waals surface area contributed by atoms with Crippen LogP contribution in [0.5, 0.6) is 11.5 Å². The Labute approximate surface area is 202 Å². The second-order valence-corrected chi connectivity index (χ2v) is 10.3. The number of methoxy groups -OCH3 is 1. The van der Waals surface area contributed by atoms with Crippen molar-refractivity contribution in [2.45, 2.75) is 26.2 Å². The highest BCUT2D eigenvalue weighted by Crippen LogP contribution is 2.21. The lowest BCUT2D eigenvalue weighted by molar-refractivity contribution is 0.0953. The third-order valence-corrected chi connectivity index (χ3v) is 7.77. The lowest BCUT2D eigenvalue weighted by Gasteiger charge is -2.35. The number of benzene rings is 2. The Bertz CT molecular complexity index is 1000. The summed E-state index contributed by atoms with van der Waals surface area (Å²) in [5.74, 6) is 1.33. The van der Waals surface area contributed by atoms with E-state index in [-0.39, 0.29) is 11.7 Å². The number of hydrogen-bond acceptors (Lipinski definition) is 6. The van der Waals surface area contributed by atoms with Crippen LogP contribution in [-0.4, -0.2) is 70.8 Å². The smallest absolute Gasteiger partial charge is 0.251 e. The molecule has 0 bridgehead atoms. The number of ether oxygens (including phenoxy) is 2. The van der Waals surface area contributed by atoms with E-state index in [2.05, 4.69) is 17.1 Å². The molecule has 1 aliphatic rings. The van der Waals surface area contributed by atoms with Gasteiger partial charge in [-0.05, 0) is 61.4 Å². The Morgan fingerprint density at radius 1 is 0.941 bits per heavy atom. The molecule has 1 aliphatic heterocycles. The molecule has 0 radical (unpaired) electrons. The molecule has 1 N–H and O–H groups in total. The first-order valence-corrected chi connectivity index (χ1v) is 13.4. The quantitative estimate of drug-likeness (QED) is 0.461. The number of carbonyl (C=O) groups excluding carboxylic acids is 1. The monoisotopic (exact) mass is 489 g/mol. The molecule has 2 aromatic carbocycles. The molecule has 186 valence electrons. The maximum atomic E-state index is 12.7. The number of anilines is 1. The lowest BCUT2D eigenvalue weighted by Crippen LogP contribution is -2.49. The van der Waals surface area contributed by atoms with E-state index in [4.69, 9.17) is 9.47 Å². The van der Waals surface area contributed by atoms with E-state index in [9.17, 15) is 13.2 Å². The van der Waals surface area contributed by atoms with Crippen LogP contribution >= 0.6 is 0 Å². The molecule has 0 aliphatic carbocycles. The van der Waals surface area contributed by atoms with Gasteiger partial charge in [-0.15, -0.1) is 0 Å². The van der Waals surface area contributed by atoms with Gasteiger partial charge in [-0.3, -0.25) is 4.79 Å². The van der Waals surface area contributed by atoms with Gasteiger partial charge in [-0.2, -0.15) is 4.31 Å². The number of unbranched alkanes of at least 4 members (excludes halogenated alkanes) is 1. The van der Waals surface area contributed by atoms with E-state index in [0.717, 1.165) is 30.0 Å². The van der Waals surface area contributed by atoms with Crippen molar-refractivity contribution in [1.29, 1.82) is 0 Å². The summed E-state index contributed by atoms with van der Waals surface area (Å²) in [6.07, 6.45) is 2.42. The van der Waals surface area contributed by atoms with Crippen molar-refractivity contribution >= 4 is 21.6 Å². The van der Waals surface area contributed by atoms with Gasteiger partial charge in [0.1, 0.15) is 11.5 Å². The van der Waals surface area contributed by atoms with Gasteiger partial charge < -0.3 is 19.7 Å². The fourth-order valence-corrected chi connectivity index (χ4v) is 5.23. The summed E-state index contributed by atoms with van der Waals surface area (Å²) in [6, 6.07) is 14.8. The number of nitrogens with zero attached hydrogens (tertiary/aromatic N) is 2. The van der Waals surface area contributed by atoms with Crippen LogP contribution in [0, 0.1) is 0 Å². The predicted molar refractivity (Wildman–Crippen MR) is 134 cm³/mol. The number of hydrogen-bond donors (Lipinski definition) is 1. The predicted octanol–water partition coefficient (Wildman–Crippen LogP) is 3.15. The molecule has 9 heteroatoms. The minimum atomic E-state index is -3.36. The minimum Gasteiger partial charge on any atom is -0.497 e. The van der Waals surface area contributed by atoms with E-state index >= 15 is 0 Å². The zero-order valence-corrected chi connectivity index (χ0v) is 20.9. The average Bonchev–Trinajstić information content (AvgIpc) is 2.87. The van der Waals surface area contributed by atoms with Crippen LogP contribution in [0.25, 0.3) is 0 Å². The van der Waals surface area contributed by atoms with Crippen molar-refractivity contribution in [1.82, 2.24) is 9.62 Å². The summed E-state index contributed by atoms with van der Waals surface area (Å²) in [4.78, 5) is 14.5. The first-order chi connectivity index (χ1) is 16.4. The van der Waals surface area contributed by atoms with Gasteiger partial charge in [0.25, 0.3) is 5.91 Å². The standard InChI is InChI=1S/C25H35N3O5S/c1-3-4-19-33-24-10-6-21(7-11-24)25(29)26-14-5-20-34(30,31)28-17-15-27(16-18-28)22-8-12-23(32-2)13-9-22/h6-13H,3-5,14-20H2,1-2H3,(H,26,29). The summed E-state index contributed by atoms with van der Waals surface area (Å²) >= 11 is 0. The van der Waals surface area contributed by atoms with Gasteiger partial charge in [0.05, 0.1) is 19.5 Å². The minimum absolute atomic E-state index is 0.0139. The lowest BCUT2D eigenvalue weighted by atomic mass is 10.2. The molecule has 1 heterocycles. The van der Waals surface area contributed by atoms with E-state index in [1.165, 1.54) is 0 Å². The van der Waals surface area contributed by atoms with E-state index < -0.39 is 10.0 Å². The molecular weight excluding hydrogens is 454 g/mol. The summed E-state index contributed by atoms with van der Waals surface area (Å²) in [5.41, 5.74) is 1.58. The molecule has 0 aromatic heterocycles. The number of carbonyl (C=O) groups is 1. The summed E-state index contributed by atoms with van der Waals surface area (Å²) in [7, 11) is -1.73. The first-order valence-electron chi connectivity index (χ1n) is 11.8. The summed E-state index contributed by atoms with van der Waals surface area (Å²) in [6.45, 7) is 5.25. The number of sulfonamides is 1. The molecule has 3 rings (SSSR count). The highest BCUT2D eigenvalue weighted by molar-refractivity contribution is 7.89. The average molecular weight is 490 g/mol. The number of piperazine rings is 1. The molecule has 0 saturated carbocycles. The van der Waals surface area contributed by atoms with E-state index in [1.54, 1.807) is 35.7 Å². The zero-order valence-electron chi connectivity index (χ0n) is 20.0. The van der Waals surface area contributed by atoms with Gasteiger partial charge in [0.15, 0.2) is 0 Å². The molecule has 1 saturated heterocycles. The highest BCUT2D eigenvalue weighted by Gasteiger charge is 2.26. The molecule has 34 heavy (non-hydrogen) atoms. The summed E-state index contributed by atoms with van der Waals surface area (Å²) < 4.78 is 37.8. The molecule has 8 nitrogen and oxygen atoms in total. The Kier molecular flexibility index (Phi) is 9.59. The van der Waals surface area contributed by atoms with Crippen molar-refractivity contribution < 1.29 is 22.7 Å². The van der Waals surface area contributed by atoms with Crippen LogP contribution in [-0.2, 0) is 10.0 Å². The zero-order chi connectivity index (χ0) is 24.4. The molecule has 0 spiro atoms. The van der Waals surface area contributed by atoms with Crippen LogP contribution < -0.4 is 19.7 Å². The molecule has 1 amide bonds. The molecule has 0 unspecified atom stereocenters. The van der Waals surface area contributed by atoms with Crippen molar-refractivity contribution in [2.24, 2.45) is 0 Å². The fraction of sp³-hybridized carbons (Fsp3) is 0.480. The number of nitrogens with one attached hydrogen (secondary N) is 1. The van der Waals surface area contributed by atoms with Gasteiger partial charge >= 0.3 is 0 Å². The molecule has 0 atom stereocenters. The third-order valence-electron chi connectivity index (χ3n) is 5.82. The van der Waals surface area contributed by atoms with Crippen molar-refractivity contribution in [3.05, 3.63) is 54.1 Å². The van der Waals surface area contributed by atoms with Crippen molar-refractivity contribution in [2.75, 3.05) is 57.1 Å². The Hall–Kier alpha value is -2.78. The van der Waals surface area contributed by atoms with Crippen LogP contribution in [0.4, 0.5) is 5.69 Å². The van der Waals surface area contributed by atoms with Crippen LogP contribution in [0.1, 0.15) is 36.5 Å². The van der Waals surface area contributed by atoms with Gasteiger partial charge in [0.2, 0.25) is 10.0 Å². The second-order valence-electron chi connectivity index (χ2n) is 8.24. The highest BCUT2D eigenvalue weighted by atomic mass is 32.2. The van der Waals surface area contributed by atoms with Gasteiger partial charge in [-0.25, -0.2) is 8.42 Å². The maximum absolute atomic E-state index is 12.7. The fourth-order valence-electron chi connectivity index (χ4n) is 3.74. The Morgan fingerprint density at radius 2 is 1.59 bits per heavy atom. The van der Waals surface area contributed by atoms with Crippen LogP contribution in [0.2, 0.25) is 0 Å². The normalized spacial score (nSPS) is 14.6. The van der Waals surface area contributed by atoms with E-state index in [1.807, 2.05) is 24.3 Å². The molecular formula is C25H35N3O5S. The largest absolute Gasteiger partial charge is 0.497 e. The number of amides is 1. The van der Waals surface area contributed by atoms with Gasteiger partial charge in [0, 0.05) is 44.0 Å². The van der Waals surface area contributed by atoms with Crippen molar-refractivity contribution in [3.63, 3.8) is 0 Å². The Morgan fingerprint density at radius 3 is 2.21 bits per heavy atom. The Balaban J connectivity index is 1.38. The first kappa shape index (κ1) is 25.8. The SMILES string of the molecule is CCCCOc1ccc(C(=O)NCCCS(=O)(=O)N2CCN(c3ccc(OC)cc3)CC2)cc1. The topological polar surface area (TPSA) is 88.2 Å². The molecule has 1 fully saturated rings. The molecule has 2 aromatic rings. The van der Waals surface area contributed by atoms with E-state index in [0.29, 0.717) is 51.3 Å². The summed E-state index contributed by atoms with van der Waals surface area (Å²) in [5, 5.41) is 2.80. The van der Waals surface area contributed by atoms with Gasteiger partial charge in [-0.1, -0.05) is 13.3 Å². The second kappa shape index (κ2) is 12.6. The third kappa shape index (κ3) is 7.36. The maximum Gasteiger partial charge on any atom is 0.251 e. The van der Waals surface area contributed by atoms with Crippen LogP contribution in [0.3, 0.4) is 0 Å². The van der Waals surface area contributed by atoms with Crippen molar-refractivity contribution in [3.8, 4) is 11.5 Å². The number of rotatable bonds is 12.